The Bertz CT molecular complexity index is 1050. The van der Waals surface area contributed by atoms with Crippen molar-refractivity contribution in [3.8, 4) is 0 Å². The molecule has 3 N–H and O–H groups in total. The van der Waals surface area contributed by atoms with Crippen molar-refractivity contribution in [2.45, 2.75) is 13.0 Å². The van der Waals surface area contributed by atoms with Gasteiger partial charge in [-0.3, -0.25) is 19.2 Å². The van der Waals surface area contributed by atoms with Crippen LogP contribution in [-0.4, -0.2) is 56.0 Å². The Balaban J connectivity index is 1.66. The number of halogens is 2. The summed E-state index contributed by atoms with van der Waals surface area (Å²) in [5.74, 6) is -2.73. The summed E-state index contributed by atoms with van der Waals surface area (Å²) in [6.07, 6.45) is 0. The number of carbonyl (C=O) groups excluding carboxylic acids is 4. The van der Waals surface area contributed by atoms with Gasteiger partial charge < -0.3 is 25.6 Å². The fourth-order valence-electron chi connectivity index (χ4n) is 2.96. The van der Waals surface area contributed by atoms with E-state index >= 15 is 0 Å². The number of rotatable bonds is 7. The van der Waals surface area contributed by atoms with Crippen LogP contribution in [-0.2, 0) is 19.1 Å². The Morgan fingerprint density at radius 2 is 2.06 bits per heavy atom. The Morgan fingerprint density at radius 1 is 1.28 bits per heavy atom. The molecule has 1 aromatic carbocycles. The molecule has 9 nitrogen and oxygen atoms in total. The van der Waals surface area contributed by atoms with Crippen LogP contribution in [0.3, 0.4) is 0 Å². The number of nitrogens with one attached hydrogen (secondary N) is 3. The predicted octanol–water partition coefficient (Wildman–Crippen LogP) is 1.78. The molecule has 170 valence electrons. The van der Waals surface area contributed by atoms with Gasteiger partial charge in [0.25, 0.3) is 11.8 Å². The van der Waals surface area contributed by atoms with Crippen LogP contribution in [0.25, 0.3) is 0 Å². The molecule has 1 aromatic heterocycles. The highest BCUT2D eigenvalue weighted by Gasteiger charge is 2.24. The van der Waals surface area contributed by atoms with Gasteiger partial charge in [0.15, 0.2) is 0 Å². The number of nitrogens with zero attached hydrogens (tertiary/aromatic N) is 1. The minimum Gasteiger partial charge on any atom is -0.370 e. The standard InChI is InChI=1S/C20H20ClFN4O5S/c1-11(27)24-15(9-23-20(30)16-4-5-17(21)32-16)19(29)25-14-3-2-12(8-13(14)22)26-6-7-31-10-18(26)28/h2-5,8,15H,6-7,9-10H2,1H3,(H,23,30)(H,24,27)(H,25,29)/t15-/m0/s1. The Labute approximate surface area is 191 Å². The maximum absolute atomic E-state index is 14.6. The van der Waals surface area contributed by atoms with E-state index in [1.165, 1.54) is 30.0 Å². The number of morpholine rings is 1. The largest absolute Gasteiger partial charge is 0.370 e. The first-order valence-corrected chi connectivity index (χ1v) is 10.7. The van der Waals surface area contributed by atoms with Crippen LogP contribution >= 0.6 is 22.9 Å². The van der Waals surface area contributed by atoms with Crippen LogP contribution < -0.4 is 20.9 Å². The zero-order chi connectivity index (χ0) is 23.3. The summed E-state index contributed by atoms with van der Waals surface area (Å²) < 4.78 is 20.1. The minimum atomic E-state index is -1.15. The lowest BCUT2D eigenvalue weighted by molar-refractivity contribution is -0.125. The van der Waals surface area contributed by atoms with E-state index in [1.807, 2.05) is 0 Å². The maximum Gasteiger partial charge on any atom is 0.261 e. The third-order valence-electron chi connectivity index (χ3n) is 4.47. The molecule has 0 spiro atoms. The quantitative estimate of drug-likeness (QED) is 0.556. The average Bonchev–Trinajstić information content (AvgIpc) is 3.19. The number of thiophene rings is 1. The summed E-state index contributed by atoms with van der Waals surface area (Å²) in [6.45, 7) is 1.55. The van der Waals surface area contributed by atoms with Crippen molar-refractivity contribution < 1.29 is 28.3 Å². The summed E-state index contributed by atoms with van der Waals surface area (Å²) in [7, 11) is 0. The van der Waals surface area contributed by atoms with Crippen LogP contribution in [0.5, 0.6) is 0 Å². The van der Waals surface area contributed by atoms with Gasteiger partial charge in [0.2, 0.25) is 11.8 Å². The molecule has 0 saturated carbocycles. The van der Waals surface area contributed by atoms with Crippen molar-refractivity contribution in [2.75, 3.05) is 36.5 Å². The van der Waals surface area contributed by atoms with E-state index in [-0.39, 0.29) is 24.7 Å². The molecule has 4 amide bonds. The number of hydrogen-bond acceptors (Lipinski definition) is 6. The van der Waals surface area contributed by atoms with Gasteiger partial charge in [-0.2, -0.15) is 0 Å². The summed E-state index contributed by atoms with van der Waals surface area (Å²) in [5.41, 5.74) is 0.209. The second-order valence-corrected chi connectivity index (χ2v) is 8.53. The smallest absolute Gasteiger partial charge is 0.261 e. The highest BCUT2D eigenvalue weighted by molar-refractivity contribution is 7.18. The number of amides is 4. The predicted molar refractivity (Wildman–Crippen MR) is 117 cm³/mol. The van der Waals surface area contributed by atoms with Gasteiger partial charge in [-0.25, -0.2) is 4.39 Å². The van der Waals surface area contributed by atoms with Crippen LogP contribution in [0.2, 0.25) is 4.34 Å². The molecule has 1 aliphatic heterocycles. The van der Waals surface area contributed by atoms with Crippen molar-refractivity contribution in [2.24, 2.45) is 0 Å². The second-order valence-electron chi connectivity index (χ2n) is 6.82. The molecule has 1 saturated heterocycles. The van der Waals surface area contributed by atoms with Crippen molar-refractivity contribution in [3.63, 3.8) is 0 Å². The van der Waals surface area contributed by atoms with Crippen molar-refractivity contribution >= 4 is 57.9 Å². The fourth-order valence-corrected chi connectivity index (χ4v) is 3.92. The molecule has 0 unspecified atom stereocenters. The van der Waals surface area contributed by atoms with Crippen molar-refractivity contribution in [3.05, 3.63) is 45.4 Å². The molecule has 2 heterocycles. The van der Waals surface area contributed by atoms with Crippen molar-refractivity contribution in [1.29, 1.82) is 0 Å². The van der Waals surface area contributed by atoms with E-state index in [1.54, 1.807) is 6.07 Å². The van der Waals surface area contributed by atoms with Gasteiger partial charge in [0, 0.05) is 25.7 Å². The number of anilines is 2. The summed E-state index contributed by atoms with van der Waals surface area (Å²) in [6, 6.07) is 5.91. The van der Waals surface area contributed by atoms with E-state index in [9.17, 15) is 23.6 Å². The third-order valence-corrected chi connectivity index (χ3v) is 5.70. The number of benzene rings is 1. The molecular formula is C20H20ClFN4O5S. The van der Waals surface area contributed by atoms with E-state index in [2.05, 4.69) is 16.0 Å². The summed E-state index contributed by atoms with van der Waals surface area (Å²) in [4.78, 5) is 50.0. The van der Waals surface area contributed by atoms with Crippen LogP contribution in [0, 0.1) is 5.82 Å². The van der Waals surface area contributed by atoms with Gasteiger partial charge in [-0.1, -0.05) is 11.6 Å². The zero-order valence-corrected chi connectivity index (χ0v) is 18.5. The lowest BCUT2D eigenvalue weighted by Crippen LogP contribution is -2.50. The second kappa shape index (κ2) is 10.5. The third kappa shape index (κ3) is 6.02. The van der Waals surface area contributed by atoms with Gasteiger partial charge in [0.1, 0.15) is 18.5 Å². The first-order valence-electron chi connectivity index (χ1n) is 9.53. The lowest BCUT2D eigenvalue weighted by Gasteiger charge is -2.27. The topological polar surface area (TPSA) is 117 Å². The van der Waals surface area contributed by atoms with Gasteiger partial charge in [0.05, 0.1) is 21.5 Å². The lowest BCUT2D eigenvalue weighted by atomic mass is 10.2. The van der Waals surface area contributed by atoms with Crippen LogP contribution in [0.1, 0.15) is 16.6 Å². The van der Waals surface area contributed by atoms with Gasteiger partial charge in [-0.15, -0.1) is 11.3 Å². The van der Waals surface area contributed by atoms with E-state index in [4.69, 9.17) is 16.3 Å². The minimum absolute atomic E-state index is 0.0814. The molecule has 1 aliphatic rings. The summed E-state index contributed by atoms with van der Waals surface area (Å²) in [5, 5.41) is 7.36. The number of carbonyl (C=O) groups is 4. The Kier molecular flexibility index (Phi) is 7.78. The van der Waals surface area contributed by atoms with E-state index in [0.29, 0.717) is 28.1 Å². The molecule has 3 rings (SSSR count). The van der Waals surface area contributed by atoms with Crippen molar-refractivity contribution in [1.82, 2.24) is 10.6 Å². The Hall–Kier alpha value is -3.02. The molecule has 32 heavy (non-hydrogen) atoms. The molecule has 0 radical (unpaired) electrons. The first-order chi connectivity index (χ1) is 15.2. The van der Waals surface area contributed by atoms with Gasteiger partial charge >= 0.3 is 0 Å². The molecular weight excluding hydrogens is 463 g/mol. The molecule has 1 fully saturated rings. The molecule has 12 heteroatoms. The molecule has 0 bridgehead atoms. The monoisotopic (exact) mass is 482 g/mol. The van der Waals surface area contributed by atoms with Crippen LogP contribution in [0.4, 0.5) is 15.8 Å². The average molecular weight is 483 g/mol. The zero-order valence-electron chi connectivity index (χ0n) is 16.9. The molecule has 1 atom stereocenters. The van der Waals surface area contributed by atoms with E-state index < -0.39 is 29.6 Å². The number of ether oxygens (including phenoxy) is 1. The highest BCUT2D eigenvalue weighted by Crippen LogP contribution is 2.24. The summed E-state index contributed by atoms with van der Waals surface area (Å²) >= 11 is 6.88. The molecule has 2 aromatic rings. The normalized spacial score (nSPS) is 14.6. The van der Waals surface area contributed by atoms with Crippen LogP contribution in [0.15, 0.2) is 30.3 Å². The number of hydrogen-bond donors (Lipinski definition) is 3. The maximum atomic E-state index is 14.6. The Morgan fingerprint density at radius 3 is 2.69 bits per heavy atom. The van der Waals surface area contributed by atoms with Gasteiger partial charge in [-0.05, 0) is 30.3 Å². The SMILES string of the molecule is CC(=O)N[C@@H](CNC(=O)c1ccc(Cl)s1)C(=O)Nc1ccc(N2CCOCC2=O)cc1F. The fraction of sp³-hybridized carbons (Fsp3) is 0.300. The molecule has 0 aliphatic carbocycles. The highest BCUT2D eigenvalue weighted by atomic mass is 35.5. The first kappa shape index (κ1) is 23.6. The van der Waals surface area contributed by atoms with E-state index in [0.717, 1.165) is 17.4 Å².